The first-order valence-corrected chi connectivity index (χ1v) is 7.08. The summed E-state index contributed by atoms with van der Waals surface area (Å²) in [6.07, 6.45) is 0. The quantitative estimate of drug-likeness (QED) is 0.353. The molecule has 0 aliphatic heterocycles. The van der Waals surface area contributed by atoms with Gasteiger partial charge in [-0.05, 0) is 65.3 Å². The van der Waals surface area contributed by atoms with Crippen LogP contribution in [-0.4, -0.2) is 23.1 Å². The molecule has 0 unspecified atom stereocenters. The minimum atomic E-state index is -0.683. The number of benzene rings is 1. The van der Waals surface area contributed by atoms with E-state index in [9.17, 15) is 9.59 Å². The first kappa shape index (κ1) is 18.5. The molecule has 7 nitrogen and oxygen atoms in total. The van der Waals surface area contributed by atoms with Crippen LogP contribution in [0, 0.1) is 0 Å². The number of esters is 2. The lowest BCUT2D eigenvalue weighted by molar-refractivity contribution is 0.00676. The first-order valence-electron chi connectivity index (χ1n) is 7.08. The molecule has 0 saturated heterocycles. The number of hydrogen-bond donors (Lipinski definition) is 0. The van der Waals surface area contributed by atoms with Crippen LogP contribution in [0.15, 0.2) is 23.3 Å². The zero-order valence-corrected chi connectivity index (χ0v) is 14.2. The highest BCUT2D eigenvalue weighted by atomic mass is 16.6. The molecule has 0 heterocycles. The Morgan fingerprint density at radius 2 is 1.30 bits per heavy atom. The molecule has 1 aromatic rings. The van der Waals surface area contributed by atoms with Gasteiger partial charge in [0.1, 0.15) is 11.2 Å². The molecular formula is C16H21N3O4. The predicted molar refractivity (Wildman–Crippen MR) is 85.6 cm³/mol. The van der Waals surface area contributed by atoms with Crippen molar-refractivity contribution in [3.63, 3.8) is 0 Å². The highest BCUT2D eigenvalue weighted by Crippen LogP contribution is 2.22. The zero-order valence-electron chi connectivity index (χ0n) is 14.2. The van der Waals surface area contributed by atoms with Gasteiger partial charge in [-0.1, -0.05) is 5.11 Å². The molecular weight excluding hydrogens is 298 g/mol. The molecule has 0 atom stereocenters. The average molecular weight is 319 g/mol. The second kappa shape index (κ2) is 6.71. The average Bonchev–Trinajstić information content (AvgIpc) is 2.34. The maximum atomic E-state index is 12.2. The van der Waals surface area contributed by atoms with Crippen molar-refractivity contribution in [1.29, 1.82) is 0 Å². The van der Waals surface area contributed by atoms with Crippen molar-refractivity contribution >= 4 is 17.6 Å². The lowest BCUT2D eigenvalue weighted by atomic mass is 10.1. The normalized spacial score (nSPS) is 11.4. The molecule has 0 aliphatic carbocycles. The van der Waals surface area contributed by atoms with Crippen LogP contribution in [-0.2, 0) is 9.47 Å². The third-order valence-electron chi connectivity index (χ3n) is 2.35. The Bertz CT molecular complexity index is 617. The van der Waals surface area contributed by atoms with Gasteiger partial charge in [0.25, 0.3) is 0 Å². The van der Waals surface area contributed by atoms with Gasteiger partial charge in [0.15, 0.2) is 0 Å². The van der Waals surface area contributed by atoms with Crippen LogP contribution >= 0.6 is 0 Å². The minimum Gasteiger partial charge on any atom is -0.456 e. The van der Waals surface area contributed by atoms with Gasteiger partial charge in [-0.25, -0.2) is 9.59 Å². The van der Waals surface area contributed by atoms with E-state index in [4.69, 9.17) is 15.0 Å². The fourth-order valence-electron chi connectivity index (χ4n) is 1.63. The molecule has 0 aliphatic rings. The number of nitrogens with zero attached hydrogens (tertiary/aromatic N) is 3. The standard InChI is InChI=1S/C16H21N3O4/c1-15(2,3)22-13(20)10-7-11(9-12(8-10)18-19-17)14(21)23-16(4,5)6/h7-9H,1-6H3. The Hall–Kier alpha value is -2.53. The Labute approximate surface area is 135 Å². The molecule has 7 heteroatoms. The summed E-state index contributed by atoms with van der Waals surface area (Å²) in [7, 11) is 0. The highest BCUT2D eigenvalue weighted by molar-refractivity contribution is 5.97. The fourth-order valence-corrected chi connectivity index (χ4v) is 1.63. The molecule has 23 heavy (non-hydrogen) atoms. The van der Waals surface area contributed by atoms with Crippen molar-refractivity contribution in [2.75, 3.05) is 0 Å². The van der Waals surface area contributed by atoms with Gasteiger partial charge in [0.2, 0.25) is 0 Å². The summed E-state index contributed by atoms with van der Waals surface area (Å²) >= 11 is 0. The van der Waals surface area contributed by atoms with Crippen molar-refractivity contribution in [2.45, 2.75) is 52.7 Å². The van der Waals surface area contributed by atoms with Gasteiger partial charge in [-0.3, -0.25) is 0 Å². The van der Waals surface area contributed by atoms with Gasteiger partial charge in [0, 0.05) is 10.6 Å². The molecule has 0 amide bonds. The number of hydrogen-bond acceptors (Lipinski definition) is 5. The van der Waals surface area contributed by atoms with E-state index < -0.39 is 23.1 Å². The zero-order chi connectivity index (χ0) is 17.8. The van der Waals surface area contributed by atoms with Crippen LogP contribution in [0.25, 0.3) is 10.4 Å². The Morgan fingerprint density at radius 3 is 1.61 bits per heavy atom. The van der Waals surface area contributed by atoms with Gasteiger partial charge in [0.05, 0.1) is 11.1 Å². The molecule has 0 N–H and O–H groups in total. The summed E-state index contributed by atoms with van der Waals surface area (Å²) < 4.78 is 10.5. The summed E-state index contributed by atoms with van der Waals surface area (Å²) in [5, 5.41) is 3.45. The third kappa shape index (κ3) is 6.40. The Balaban J connectivity index is 3.25. The van der Waals surface area contributed by atoms with Crippen molar-refractivity contribution < 1.29 is 19.1 Å². The number of carbonyl (C=O) groups is 2. The summed E-state index contributed by atoms with van der Waals surface area (Å²) in [4.78, 5) is 27.0. The van der Waals surface area contributed by atoms with Gasteiger partial charge < -0.3 is 9.47 Å². The van der Waals surface area contributed by atoms with E-state index in [0.717, 1.165) is 0 Å². The van der Waals surface area contributed by atoms with Gasteiger partial charge in [-0.2, -0.15) is 0 Å². The molecule has 0 radical (unpaired) electrons. The van der Waals surface area contributed by atoms with E-state index in [1.54, 1.807) is 41.5 Å². The third-order valence-corrected chi connectivity index (χ3v) is 2.35. The van der Waals surface area contributed by atoms with Crippen LogP contribution < -0.4 is 0 Å². The molecule has 0 bridgehead atoms. The van der Waals surface area contributed by atoms with E-state index in [1.807, 2.05) is 0 Å². The van der Waals surface area contributed by atoms with Crippen LogP contribution in [0.4, 0.5) is 5.69 Å². The van der Waals surface area contributed by atoms with E-state index in [1.165, 1.54) is 18.2 Å². The highest BCUT2D eigenvalue weighted by Gasteiger charge is 2.22. The van der Waals surface area contributed by atoms with Crippen LogP contribution in [0.5, 0.6) is 0 Å². The molecule has 0 aromatic heterocycles. The van der Waals surface area contributed by atoms with Gasteiger partial charge in [-0.15, -0.1) is 0 Å². The van der Waals surface area contributed by atoms with E-state index in [2.05, 4.69) is 10.0 Å². The fraction of sp³-hybridized carbons (Fsp3) is 0.500. The molecule has 1 rings (SSSR count). The summed E-state index contributed by atoms with van der Waals surface area (Å²) in [5.74, 6) is -1.23. The topological polar surface area (TPSA) is 101 Å². The lowest BCUT2D eigenvalue weighted by Gasteiger charge is -2.21. The van der Waals surface area contributed by atoms with Crippen molar-refractivity contribution in [3.05, 3.63) is 39.8 Å². The van der Waals surface area contributed by atoms with Crippen molar-refractivity contribution in [2.24, 2.45) is 5.11 Å². The molecule has 0 spiro atoms. The van der Waals surface area contributed by atoms with Crippen LogP contribution in [0.1, 0.15) is 62.3 Å². The molecule has 1 aromatic carbocycles. The first-order chi connectivity index (χ1) is 10.4. The smallest absolute Gasteiger partial charge is 0.338 e. The number of carbonyl (C=O) groups excluding carboxylic acids is 2. The Morgan fingerprint density at radius 1 is 0.913 bits per heavy atom. The summed E-state index contributed by atoms with van der Waals surface area (Å²) in [5.41, 5.74) is 7.58. The van der Waals surface area contributed by atoms with Crippen LogP contribution in [0.3, 0.4) is 0 Å². The van der Waals surface area contributed by atoms with Gasteiger partial charge >= 0.3 is 11.9 Å². The van der Waals surface area contributed by atoms with E-state index >= 15 is 0 Å². The largest absolute Gasteiger partial charge is 0.456 e. The monoisotopic (exact) mass is 319 g/mol. The molecule has 0 saturated carbocycles. The Kier molecular flexibility index (Phi) is 5.40. The van der Waals surface area contributed by atoms with E-state index in [0.29, 0.717) is 0 Å². The lowest BCUT2D eigenvalue weighted by Crippen LogP contribution is -2.25. The number of azide groups is 1. The summed E-state index contributed by atoms with van der Waals surface area (Å²) in [6.45, 7) is 10.4. The maximum absolute atomic E-state index is 12.2. The summed E-state index contributed by atoms with van der Waals surface area (Å²) in [6, 6.07) is 4.09. The maximum Gasteiger partial charge on any atom is 0.338 e. The second-order valence-corrected chi connectivity index (χ2v) is 6.96. The predicted octanol–water partition coefficient (Wildman–Crippen LogP) is 4.54. The van der Waals surface area contributed by atoms with Crippen molar-refractivity contribution in [1.82, 2.24) is 0 Å². The molecule has 0 fully saturated rings. The minimum absolute atomic E-state index is 0.116. The SMILES string of the molecule is CC(C)(C)OC(=O)c1cc(N=[N+]=[N-])cc(C(=O)OC(C)(C)C)c1. The second-order valence-electron chi connectivity index (χ2n) is 6.96. The number of rotatable bonds is 3. The van der Waals surface area contributed by atoms with E-state index in [-0.39, 0.29) is 16.8 Å². The van der Waals surface area contributed by atoms with Crippen LogP contribution in [0.2, 0.25) is 0 Å². The molecule has 124 valence electrons. The van der Waals surface area contributed by atoms with Crippen molar-refractivity contribution in [3.8, 4) is 0 Å². The number of ether oxygens (including phenoxy) is 2.